The number of allylic oxidation sites excluding steroid dienone is 20. The van der Waals surface area contributed by atoms with Gasteiger partial charge in [0.15, 0.2) is 6.10 Å². The monoisotopic (exact) mass is 941 g/mol. The van der Waals surface area contributed by atoms with E-state index < -0.39 is 6.10 Å². The van der Waals surface area contributed by atoms with E-state index in [-0.39, 0.29) is 37.5 Å². The van der Waals surface area contributed by atoms with Crippen LogP contribution in [0.4, 0.5) is 0 Å². The molecule has 0 bridgehead atoms. The maximum Gasteiger partial charge on any atom is 0.306 e. The second-order valence-corrected chi connectivity index (χ2v) is 17.7. The van der Waals surface area contributed by atoms with Gasteiger partial charge in [0, 0.05) is 19.3 Å². The standard InChI is InChI=1S/C62H100O6/c1-4-7-10-13-16-19-22-25-28-30-31-32-35-37-40-43-46-49-52-55-61(64)67-58-59(57-66-60(63)54-51-48-45-42-39-36-33-27-24-21-18-15-12-9-6-3)68-62(65)56-53-50-47-44-41-38-34-29-26-23-20-17-14-11-8-5-2/h7,9-10,12,16,18-19,21,25,27-28,31-33,37,39-40,42,46,49,59H,4-6,8,11,13-15,17,20,22-24,26,29-30,34-36,38,41,43-45,47-48,50-58H2,1-3H3/b10-7-,12-9-,19-16-,21-18-,28-25-,32-31-,33-27-,40-37-,42-39-,49-46-/t59-/m1/s1. The van der Waals surface area contributed by atoms with Crippen molar-refractivity contribution < 1.29 is 28.6 Å². The molecule has 6 heteroatoms. The molecule has 0 aliphatic heterocycles. The van der Waals surface area contributed by atoms with Crippen molar-refractivity contribution in [2.24, 2.45) is 0 Å². The molecule has 0 aliphatic carbocycles. The normalized spacial score (nSPS) is 13.0. The van der Waals surface area contributed by atoms with E-state index in [2.05, 4.69) is 130 Å². The Morgan fingerprint density at radius 1 is 0.309 bits per heavy atom. The number of ether oxygens (including phenoxy) is 3. The highest BCUT2D eigenvalue weighted by molar-refractivity contribution is 5.71. The Morgan fingerprint density at radius 2 is 0.603 bits per heavy atom. The van der Waals surface area contributed by atoms with E-state index in [0.29, 0.717) is 25.7 Å². The quantitative estimate of drug-likeness (QED) is 0.0262. The van der Waals surface area contributed by atoms with Gasteiger partial charge in [-0.3, -0.25) is 14.4 Å². The number of hydrogen-bond donors (Lipinski definition) is 0. The van der Waals surface area contributed by atoms with Crippen LogP contribution < -0.4 is 0 Å². The summed E-state index contributed by atoms with van der Waals surface area (Å²) in [5.41, 5.74) is 0. The summed E-state index contributed by atoms with van der Waals surface area (Å²) in [6.07, 6.45) is 76.3. The first-order valence-electron chi connectivity index (χ1n) is 27.5. The van der Waals surface area contributed by atoms with Crippen molar-refractivity contribution >= 4 is 17.9 Å². The van der Waals surface area contributed by atoms with Crippen LogP contribution >= 0.6 is 0 Å². The molecule has 1 atom stereocenters. The molecule has 68 heavy (non-hydrogen) atoms. The lowest BCUT2D eigenvalue weighted by Gasteiger charge is -2.18. The van der Waals surface area contributed by atoms with Crippen molar-refractivity contribution in [3.63, 3.8) is 0 Å². The minimum absolute atomic E-state index is 0.124. The second-order valence-electron chi connectivity index (χ2n) is 17.7. The van der Waals surface area contributed by atoms with Crippen molar-refractivity contribution in [2.45, 2.75) is 239 Å². The van der Waals surface area contributed by atoms with Gasteiger partial charge in [0.1, 0.15) is 13.2 Å². The molecule has 0 saturated heterocycles. The minimum Gasteiger partial charge on any atom is -0.462 e. The smallest absolute Gasteiger partial charge is 0.306 e. The lowest BCUT2D eigenvalue weighted by Crippen LogP contribution is -2.30. The summed E-state index contributed by atoms with van der Waals surface area (Å²) in [5.74, 6) is -1.05. The minimum atomic E-state index is -0.827. The zero-order valence-corrected chi connectivity index (χ0v) is 43.8. The van der Waals surface area contributed by atoms with Crippen LogP contribution in [-0.4, -0.2) is 37.2 Å². The summed E-state index contributed by atoms with van der Waals surface area (Å²) in [5, 5.41) is 0. The average Bonchev–Trinajstić information content (AvgIpc) is 3.34. The van der Waals surface area contributed by atoms with Gasteiger partial charge in [-0.1, -0.05) is 239 Å². The van der Waals surface area contributed by atoms with Gasteiger partial charge in [-0.25, -0.2) is 0 Å². The molecule has 0 heterocycles. The van der Waals surface area contributed by atoms with E-state index in [1.807, 2.05) is 12.2 Å². The fraction of sp³-hybridized carbons (Fsp3) is 0.629. The highest BCUT2D eigenvalue weighted by Gasteiger charge is 2.19. The molecule has 0 aliphatic rings. The highest BCUT2D eigenvalue weighted by atomic mass is 16.6. The number of carbonyl (C=O) groups is 3. The Kier molecular flexibility index (Phi) is 52.0. The topological polar surface area (TPSA) is 78.9 Å². The van der Waals surface area contributed by atoms with Gasteiger partial charge in [-0.15, -0.1) is 0 Å². The summed E-state index contributed by atoms with van der Waals surface area (Å²) >= 11 is 0. The van der Waals surface area contributed by atoms with Crippen LogP contribution in [0.15, 0.2) is 122 Å². The molecule has 0 radical (unpaired) electrons. The fourth-order valence-corrected chi connectivity index (χ4v) is 7.16. The molecule has 0 amide bonds. The first kappa shape index (κ1) is 63.8. The predicted octanol–water partition coefficient (Wildman–Crippen LogP) is 18.5. The largest absolute Gasteiger partial charge is 0.462 e. The third-order valence-corrected chi connectivity index (χ3v) is 11.2. The Hall–Kier alpha value is -4.19. The molecule has 6 nitrogen and oxygen atoms in total. The zero-order valence-electron chi connectivity index (χ0n) is 43.8. The molecule has 0 aromatic heterocycles. The first-order chi connectivity index (χ1) is 33.5. The maximum atomic E-state index is 12.8. The van der Waals surface area contributed by atoms with Crippen LogP contribution in [0.2, 0.25) is 0 Å². The van der Waals surface area contributed by atoms with Crippen molar-refractivity contribution in [3.05, 3.63) is 122 Å². The molecule has 0 aromatic carbocycles. The molecule has 0 aromatic rings. The van der Waals surface area contributed by atoms with Gasteiger partial charge in [0.05, 0.1) is 0 Å². The number of rotatable bonds is 48. The third kappa shape index (κ3) is 52.8. The van der Waals surface area contributed by atoms with E-state index in [4.69, 9.17) is 14.2 Å². The Bertz CT molecular complexity index is 1450. The van der Waals surface area contributed by atoms with Crippen LogP contribution in [0.5, 0.6) is 0 Å². The average molecular weight is 941 g/mol. The molecular weight excluding hydrogens is 841 g/mol. The van der Waals surface area contributed by atoms with Gasteiger partial charge >= 0.3 is 17.9 Å². The van der Waals surface area contributed by atoms with Crippen molar-refractivity contribution in [2.75, 3.05) is 13.2 Å². The molecule has 384 valence electrons. The summed E-state index contributed by atoms with van der Waals surface area (Å²) < 4.78 is 16.7. The zero-order chi connectivity index (χ0) is 49.3. The number of unbranched alkanes of at least 4 members (excludes halogenated alkanes) is 17. The number of esters is 3. The van der Waals surface area contributed by atoms with Crippen LogP contribution in [-0.2, 0) is 28.6 Å². The van der Waals surface area contributed by atoms with Crippen LogP contribution in [0.3, 0.4) is 0 Å². The van der Waals surface area contributed by atoms with Crippen LogP contribution in [0.1, 0.15) is 233 Å². The fourth-order valence-electron chi connectivity index (χ4n) is 7.16. The third-order valence-electron chi connectivity index (χ3n) is 11.2. The molecule has 0 unspecified atom stereocenters. The van der Waals surface area contributed by atoms with Gasteiger partial charge in [0.25, 0.3) is 0 Å². The van der Waals surface area contributed by atoms with Gasteiger partial charge in [-0.05, 0) is 96.3 Å². The van der Waals surface area contributed by atoms with Crippen LogP contribution in [0.25, 0.3) is 0 Å². The van der Waals surface area contributed by atoms with Crippen molar-refractivity contribution in [3.8, 4) is 0 Å². The van der Waals surface area contributed by atoms with E-state index >= 15 is 0 Å². The van der Waals surface area contributed by atoms with Crippen molar-refractivity contribution in [1.29, 1.82) is 0 Å². The molecular formula is C62H100O6. The number of carbonyl (C=O) groups excluding carboxylic acids is 3. The van der Waals surface area contributed by atoms with Gasteiger partial charge < -0.3 is 14.2 Å². The molecule has 0 N–H and O–H groups in total. The Morgan fingerprint density at radius 3 is 0.985 bits per heavy atom. The lowest BCUT2D eigenvalue weighted by molar-refractivity contribution is -0.166. The second kappa shape index (κ2) is 55.4. The molecule has 0 saturated carbocycles. The van der Waals surface area contributed by atoms with Gasteiger partial charge in [-0.2, -0.15) is 0 Å². The SMILES string of the molecule is CC/C=C\C/C=C\C/C=C\C/C=C\C/C=C\C/C=C\CCC(=O)OC[C@@H](COC(=O)CCCC/C=C\C/C=C\C/C=C\C/C=C\CC)OC(=O)CCCCCCCCCCCCCCCCCC. The van der Waals surface area contributed by atoms with E-state index in [0.717, 1.165) is 96.3 Å². The predicted molar refractivity (Wildman–Crippen MR) is 293 cm³/mol. The molecule has 0 rings (SSSR count). The van der Waals surface area contributed by atoms with Crippen molar-refractivity contribution in [1.82, 2.24) is 0 Å². The summed E-state index contributed by atoms with van der Waals surface area (Å²) in [6, 6.07) is 0. The lowest BCUT2D eigenvalue weighted by atomic mass is 10.0. The molecule has 0 fully saturated rings. The highest BCUT2D eigenvalue weighted by Crippen LogP contribution is 2.15. The maximum absolute atomic E-state index is 12.8. The van der Waals surface area contributed by atoms with E-state index in [1.165, 1.54) is 83.5 Å². The summed E-state index contributed by atoms with van der Waals surface area (Å²) in [7, 11) is 0. The van der Waals surface area contributed by atoms with E-state index in [9.17, 15) is 14.4 Å². The molecule has 0 spiro atoms. The summed E-state index contributed by atoms with van der Waals surface area (Å²) in [4.78, 5) is 38.1. The van der Waals surface area contributed by atoms with Crippen LogP contribution in [0, 0.1) is 0 Å². The Labute approximate surface area is 418 Å². The Balaban J connectivity index is 4.56. The number of hydrogen-bond acceptors (Lipinski definition) is 6. The van der Waals surface area contributed by atoms with E-state index in [1.54, 1.807) is 0 Å². The van der Waals surface area contributed by atoms with Gasteiger partial charge in [0.2, 0.25) is 0 Å². The first-order valence-corrected chi connectivity index (χ1v) is 27.5. The summed E-state index contributed by atoms with van der Waals surface area (Å²) in [6.45, 7) is 6.31.